The van der Waals surface area contributed by atoms with Crippen LogP contribution in [0.2, 0.25) is 0 Å². The van der Waals surface area contributed by atoms with Crippen molar-refractivity contribution in [1.82, 2.24) is 4.90 Å². The number of carbonyl (C=O) groups excluding carboxylic acids is 1. The molecule has 0 radical (unpaired) electrons. The first-order chi connectivity index (χ1) is 17.4. The molecule has 1 aliphatic rings. The number of aryl methyl sites for hydroxylation is 3. The Labute approximate surface area is 218 Å². The van der Waals surface area contributed by atoms with Crippen LogP contribution in [0.25, 0.3) is 0 Å². The maximum absolute atomic E-state index is 13.4. The van der Waals surface area contributed by atoms with E-state index in [4.69, 9.17) is 0 Å². The third-order valence-corrected chi connectivity index (χ3v) is 8.22. The Morgan fingerprint density at radius 2 is 1.67 bits per heavy atom. The van der Waals surface area contributed by atoms with Gasteiger partial charge in [0.25, 0.3) is 5.91 Å². The van der Waals surface area contributed by atoms with Crippen molar-refractivity contribution in [2.75, 3.05) is 35.8 Å². The molecule has 3 aromatic carbocycles. The minimum absolute atomic E-state index is 0.00670. The lowest BCUT2D eigenvalue weighted by Crippen LogP contribution is -2.49. The second-order valence-electron chi connectivity index (χ2n) is 9.65. The lowest BCUT2D eigenvalue weighted by atomic mass is 10.1. The summed E-state index contributed by atoms with van der Waals surface area (Å²) >= 11 is -1.45. The van der Waals surface area contributed by atoms with Crippen LogP contribution in [0.4, 0.5) is 11.4 Å². The Hall–Kier alpha value is -2.96. The molecule has 1 saturated heterocycles. The van der Waals surface area contributed by atoms with Gasteiger partial charge in [0.15, 0.2) is 4.90 Å². The molecule has 3 aromatic rings. The molecular weight excluding hydrogens is 466 g/mol. The van der Waals surface area contributed by atoms with Gasteiger partial charge in [0.05, 0.1) is 5.69 Å². The molecule has 0 aromatic heterocycles. The molecule has 5 nitrogen and oxygen atoms in total. The summed E-state index contributed by atoms with van der Waals surface area (Å²) in [6.45, 7) is 11.4. The summed E-state index contributed by atoms with van der Waals surface area (Å²) in [6.07, 6.45) is 3.39. The van der Waals surface area contributed by atoms with Crippen molar-refractivity contribution in [3.8, 4) is 0 Å². The first-order valence-corrected chi connectivity index (χ1v) is 14.0. The molecule has 0 spiro atoms. The van der Waals surface area contributed by atoms with E-state index in [1.54, 1.807) is 6.07 Å². The van der Waals surface area contributed by atoms with E-state index in [1.165, 1.54) is 35.2 Å². The van der Waals surface area contributed by atoms with Crippen molar-refractivity contribution >= 4 is 28.6 Å². The number of piperazine rings is 1. The van der Waals surface area contributed by atoms with E-state index in [9.17, 15) is 9.35 Å². The van der Waals surface area contributed by atoms with Crippen LogP contribution in [0.15, 0.2) is 65.6 Å². The first-order valence-electron chi connectivity index (χ1n) is 12.9. The van der Waals surface area contributed by atoms with Gasteiger partial charge >= 0.3 is 0 Å². The molecule has 0 saturated carbocycles. The van der Waals surface area contributed by atoms with Crippen LogP contribution in [0.5, 0.6) is 0 Å². The largest absolute Gasteiger partial charge is 0.588 e. The van der Waals surface area contributed by atoms with Gasteiger partial charge in [0, 0.05) is 43.5 Å². The molecule has 1 aliphatic heterocycles. The summed E-state index contributed by atoms with van der Waals surface area (Å²) in [4.78, 5) is 18.3. The number of anilines is 2. The predicted molar refractivity (Wildman–Crippen MR) is 150 cm³/mol. The van der Waals surface area contributed by atoms with Gasteiger partial charge < -0.3 is 14.4 Å². The second-order valence-corrected chi connectivity index (χ2v) is 10.9. The van der Waals surface area contributed by atoms with Crippen LogP contribution in [-0.2, 0) is 17.8 Å². The summed E-state index contributed by atoms with van der Waals surface area (Å²) in [5.41, 5.74) is 7.45. The highest BCUT2D eigenvalue weighted by atomic mass is 32.2. The fourth-order valence-corrected chi connectivity index (χ4v) is 5.52. The number of amides is 1. The van der Waals surface area contributed by atoms with E-state index in [2.05, 4.69) is 60.7 Å². The highest BCUT2D eigenvalue weighted by Crippen LogP contribution is 2.25. The fourth-order valence-electron chi connectivity index (χ4n) is 4.63. The van der Waals surface area contributed by atoms with Crippen LogP contribution in [-0.4, -0.2) is 41.5 Å². The van der Waals surface area contributed by atoms with Crippen molar-refractivity contribution in [3.63, 3.8) is 0 Å². The van der Waals surface area contributed by atoms with E-state index in [1.807, 2.05) is 36.1 Å². The van der Waals surface area contributed by atoms with Gasteiger partial charge in [-0.05, 0) is 80.1 Å². The Kier molecular flexibility index (Phi) is 8.60. The van der Waals surface area contributed by atoms with Crippen LogP contribution >= 0.6 is 0 Å². The molecular formula is C30H37N3O2S. The fraction of sp³-hybridized carbons (Fsp3) is 0.367. The molecule has 1 amide bonds. The average Bonchev–Trinajstić information content (AvgIpc) is 2.90. The zero-order chi connectivity index (χ0) is 25.7. The van der Waals surface area contributed by atoms with Gasteiger partial charge in [-0.2, -0.15) is 0 Å². The predicted octanol–water partition coefficient (Wildman–Crippen LogP) is 6.05. The number of rotatable bonds is 8. The summed E-state index contributed by atoms with van der Waals surface area (Å²) in [6, 6.07) is 20.0. The van der Waals surface area contributed by atoms with Crippen molar-refractivity contribution in [2.24, 2.45) is 0 Å². The summed E-state index contributed by atoms with van der Waals surface area (Å²) in [5.74, 6) is 0.00670. The molecule has 0 bridgehead atoms. The van der Waals surface area contributed by atoms with Gasteiger partial charge in [-0.25, -0.2) is 4.72 Å². The van der Waals surface area contributed by atoms with E-state index in [0.717, 1.165) is 30.8 Å². The number of carbonyl (C=O) groups is 1. The number of nitrogens with one attached hydrogen (secondary N) is 1. The molecule has 4 rings (SSSR count). The zero-order valence-electron chi connectivity index (χ0n) is 21.8. The van der Waals surface area contributed by atoms with E-state index in [0.29, 0.717) is 23.5 Å². The van der Waals surface area contributed by atoms with Crippen molar-refractivity contribution in [3.05, 3.63) is 88.5 Å². The Morgan fingerprint density at radius 3 is 2.36 bits per heavy atom. The number of hydrogen-bond donors (Lipinski definition) is 1. The summed E-state index contributed by atoms with van der Waals surface area (Å²) < 4.78 is 16.1. The Bertz CT molecular complexity index is 1190. The number of hydrogen-bond acceptors (Lipinski definition) is 4. The molecule has 1 N–H and O–H groups in total. The smallest absolute Gasteiger partial charge is 0.254 e. The normalized spacial score (nSPS) is 14.6. The topological polar surface area (TPSA) is 58.6 Å². The van der Waals surface area contributed by atoms with Crippen molar-refractivity contribution in [1.29, 1.82) is 0 Å². The molecule has 1 atom stereocenters. The van der Waals surface area contributed by atoms with Crippen LogP contribution in [0.1, 0.15) is 52.4 Å². The molecule has 1 heterocycles. The Morgan fingerprint density at radius 1 is 0.944 bits per heavy atom. The van der Waals surface area contributed by atoms with Gasteiger partial charge in [-0.1, -0.05) is 43.7 Å². The maximum Gasteiger partial charge on any atom is 0.254 e. The molecule has 36 heavy (non-hydrogen) atoms. The number of nitrogens with zero attached hydrogens (tertiary/aromatic N) is 2. The summed E-state index contributed by atoms with van der Waals surface area (Å²) in [7, 11) is 0. The van der Waals surface area contributed by atoms with E-state index < -0.39 is 11.4 Å². The van der Waals surface area contributed by atoms with Crippen molar-refractivity contribution in [2.45, 2.75) is 51.9 Å². The van der Waals surface area contributed by atoms with Crippen LogP contribution in [0.3, 0.4) is 0 Å². The molecule has 0 aliphatic carbocycles. The second kappa shape index (κ2) is 11.8. The average molecular weight is 504 g/mol. The molecule has 1 fully saturated rings. The lowest BCUT2D eigenvalue weighted by Gasteiger charge is -2.37. The van der Waals surface area contributed by atoms with Crippen molar-refractivity contribution < 1.29 is 9.35 Å². The molecule has 1 unspecified atom stereocenters. The maximum atomic E-state index is 13.4. The van der Waals surface area contributed by atoms with Gasteiger partial charge in [-0.15, -0.1) is 0 Å². The third kappa shape index (κ3) is 6.05. The van der Waals surface area contributed by atoms with E-state index in [-0.39, 0.29) is 5.91 Å². The highest BCUT2D eigenvalue weighted by Gasteiger charge is 2.25. The number of unbranched alkanes of at least 4 members (excludes halogenated alkanes) is 1. The molecule has 6 heteroatoms. The Balaban J connectivity index is 1.41. The molecule has 190 valence electrons. The van der Waals surface area contributed by atoms with Crippen LogP contribution < -0.4 is 9.62 Å². The standard InChI is InChI=1S/C30H37N3O2S/c1-5-6-9-25-12-14-26(15-13-25)31-36(35)27-16-11-23(3)28(21-27)30(34)33-19-17-32(18-20-33)29-10-7-8-22(2)24(29)4/h7-8,10-16,21,31H,5-6,9,17-20H2,1-4H3. The van der Waals surface area contributed by atoms with E-state index >= 15 is 0 Å². The van der Waals surface area contributed by atoms with Gasteiger partial charge in [0.2, 0.25) is 0 Å². The minimum atomic E-state index is -1.45. The summed E-state index contributed by atoms with van der Waals surface area (Å²) in [5, 5.41) is 0. The third-order valence-electron chi connectivity index (χ3n) is 7.12. The first kappa shape index (κ1) is 26.1. The number of benzene rings is 3. The lowest BCUT2D eigenvalue weighted by molar-refractivity contribution is 0.0745. The SMILES string of the molecule is CCCCc1ccc(N[S+]([O-])c2ccc(C)c(C(=O)N3CCN(c4cccc(C)c4C)CC3)c2)cc1. The quantitative estimate of drug-likeness (QED) is 0.380. The van der Waals surface area contributed by atoms with Gasteiger partial charge in [-0.3, -0.25) is 4.79 Å². The van der Waals surface area contributed by atoms with Crippen LogP contribution in [0, 0.1) is 20.8 Å². The van der Waals surface area contributed by atoms with Gasteiger partial charge in [0.1, 0.15) is 11.4 Å². The monoisotopic (exact) mass is 503 g/mol. The minimum Gasteiger partial charge on any atom is -0.588 e. The zero-order valence-corrected chi connectivity index (χ0v) is 22.7. The highest BCUT2D eigenvalue weighted by molar-refractivity contribution is 7.92.